The van der Waals surface area contributed by atoms with Crippen LogP contribution in [-0.4, -0.2) is 22.1 Å². The minimum Gasteiger partial charge on any atom is -0.470 e. The number of aromatic nitrogens is 2. The summed E-state index contributed by atoms with van der Waals surface area (Å²) in [6, 6.07) is 1.83. The molecule has 0 saturated heterocycles. The summed E-state index contributed by atoms with van der Waals surface area (Å²) < 4.78 is 5.67. The third-order valence-corrected chi connectivity index (χ3v) is 2.28. The average molecular weight is 179 g/mol. The van der Waals surface area contributed by atoms with E-state index in [0.29, 0.717) is 12.4 Å². The molecule has 4 nitrogen and oxygen atoms in total. The van der Waals surface area contributed by atoms with E-state index in [1.165, 1.54) is 6.33 Å². The number of hydrogen-bond acceptors (Lipinski definition) is 4. The molecule has 0 atom stereocenters. The van der Waals surface area contributed by atoms with Gasteiger partial charge in [0.05, 0.1) is 0 Å². The van der Waals surface area contributed by atoms with Gasteiger partial charge in [0.1, 0.15) is 11.9 Å². The molecule has 70 valence electrons. The summed E-state index contributed by atoms with van der Waals surface area (Å²) in [5.74, 6) is 0.635. The van der Waals surface area contributed by atoms with Gasteiger partial charge in [-0.2, -0.15) is 0 Å². The third-order valence-electron chi connectivity index (χ3n) is 2.28. The van der Waals surface area contributed by atoms with E-state index >= 15 is 0 Å². The van der Waals surface area contributed by atoms with E-state index in [4.69, 9.17) is 10.5 Å². The SMILES string of the molecule is Cc1cc(OC2(CN)CC2)ncn1. The van der Waals surface area contributed by atoms with Crippen LogP contribution in [0.5, 0.6) is 5.88 Å². The molecule has 13 heavy (non-hydrogen) atoms. The molecule has 0 spiro atoms. The molecule has 1 saturated carbocycles. The lowest BCUT2D eigenvalue weighted by Crippen LogP contribution is -2.28. The normalized spacial score (nSPS) is 18.3. The summed E-state index contributed by atoms with van der Waals surface area (Å²) in [6.07, 6.45) is 3.58. The highest BCUT2D eigenvalue weighted by atomic mass is 16.5. The number of nitrogens with zero attached hydrogens (tertiary/aromatic N) is 2. The summed E-state index contributed by atoms with van der Waals surface area (Å²) in [7, 11) is 0. The van der Waals surface area contributed by atoms with Crippen molar-refractivity contribution in [2.75, 3.05) is 6.54 Å². The van der Waals surface area contributed by atoms with Gasteiger partial charge in [-0.1, -0.05) is 0 Å². The first-order chi connectivity index (χ1) is 6.24. The Bertz CT molecular complexity index is 309. The van der Waals surface area contributed by atoms with Crippen molar-refractivity contribution < 1.29 is 4.74 Å². The van der Waals surface area contributed by atoms with Gasteiger partial charge < -0.3 is 10.5 Å². The molecule has 2 rings (SSSR count). The molecule has 0 unspecified atom stereocenters. The number of rotatable bonds is 3. The molecule has 0 aliphatic heterocycles. The van der Waals surface area contributed by atoms with Gasteiger partial charge in [-0.25, -0.2) is 9.97 Å². The van der Waals surface area contributed by atoms with Crippen molar-refractivity contribution in [1.29, 1.82) is 0 Å². The minimum absolute atomic E-state index is 0.124. The predicted molar refractivity (Wildman–Crippen MR) is 48.4 cm³/mol. The summed E-state index contributed by atoms with van der Waals surface area (Å²) in [5.41, 5.74) is 6.38. The first kappa shape index (κ1) is 8.44. The van der Waals surface area contributed by atoms with E-state index in [1.807, 2.05) is 13.0 Å². The number of nitrogens with two attached hydrogens (primary N) is 1. The fourth-order valence-corrected chi connectivity index (χ4v) is 1.19. The summed E-state index contributed by atoms with van der Waals surface area (Å²) in [6.45, 7) is 2.48. The van der Waals surface area contributed by atoms with Gasteiger partial charge in [0, 0.05) is 18.3 Å². The summed E-state index contributed by atoms with van der Waals surface area (Å²) >= 11 is 0. The van der Waals surface area contributed by atoms with Crippen molar-refractivity contribution in [2.24, 2.45) is 5.73 Å². The Balaban J connectivity index is 2.09. The molecule has 0 aromatic carbocycles. The number of ether oxygens (including phenoxy) is 1. The second-order valence-corrected chi connectivity index (χ2v) is 3.49. The maximum Gasteiger partial charge on any atom is 0.217 e. The highest BCUT2D eigenvalue weighted by Crippen LogP contribution is 2.38. The van der Waals surface area contributed by atoms with Crippen molar-refractivity contribution in [1.82, 2.24) is 9.97 Å². The van der Waals surface area contributed by atoms with Crippen molar-refractivity contribution in [3.63, 3.8) is 0 Å². The molecular weight excluding hydrogens is 166 g/mol. The highest BCUT2D eigenvalue weighted by Gasteiger charge is 2.44. The molecule has 1 aromatic rings. The van der Waals surface area contributed by atoms with E-state index in [2.05, 4.69) is 9.97 Å². The standard InChI is InChI=1S/C9H13N3O/c1-7-4-8(12-6-11-7)13-9(5-10)2-3-9/h4,6H,2-3,5,10H2,1H3. The fraction of sp³-hybridized carbons (Fsp3) is 0.556. The van der Waals surface area contributed by atoms with Gasteiger partial charge >= 0.3 is 0 Å². The largest absolute Gasteiger partial charge is 0.470 e. The van der Waals surface area contributed by atoms with Crippen molar-refractivity contribution >= 4 is 0 Å². The van der Waals surface area contributed by atoms with Crippen LogP contribution in [0.2, 0.25) is 0 Å². The second kappa shape index (κ2) is 2.96. The molecule has 0 radical (unpaired) electrons. The van der Waals surface area contributed by atoms with Crippen LogP contribution in [-0.2, 0) is 0 Å². The Morgan fingerprint density at radius 1 is 1.54 bits per heavy atom. The van der Waals surface area contributed by atoms with E-state index in [0.717, 1.165) is 18.5 Å². The van der Waals surface area contributed by atoms with E-state index in [-0.39, 0.29) is 5.60 Å². The van der Waals surface area contributed by atoms with Crippen LogP contribution in [0.3, 0.4) is 0 Å². The quantitative estimate of drug-likeness (QED) is 0.740. The second-order valence-electron chi connectivity index (χ2n) is 3.49. The van der Waals surface area contributed by atoms with Gasteiger partial charge in [-0.15, -0.1) is 0 Å². The average Bonchev–Trinajstić information content (AvgIpc) is 2.86. The number of hydrogen-bond donors (Lipinski definition) is 1. The molecule has 4 heteroatoms. The topological polar surface area (TPSA) is 61.0 Å². The Morgan fingerprint density at radius 3 is 2.85 bits per heavy atom. The Labute approximate surface area is 77.1 Å². The highest BCUT2D eigenvalue weighted by molar-refractivity contribution is 5.15. The molecule has 1 aliphatic carbocycles. The van der Waals surface area contributed by atoms with Gasteiger partial charge in [0.2, 0.25) is 5.88 Å². The van der Waals surface area contributed by atoms with Crippen LogP contribution in [0, 0.1) is 6.92 Å². The predicted octanol–water partition coefficient (Wildman–Crippen LogP) is 0.655. The molecule has 0 amide bonds. The van der Waals surface area contributed by atoms with Crippen LogP contribution in [0.1, 0.15) is 18.5 Å². The van der Waals surface area contributed by atoms with E-state index in [1.54, 1.807) is 0 Å². The van der Waals surface area contributed by atoms with Gasteiger partial charge in [-0.3, -0.25) is 0 Å². The lowest BCUT2D eigenvalue weighted by atomic mass is 10.3. The molecule has 1 aliphatic rings. The molecule has 1 aromatic heterocycles. The van der Waals surface area contributed by atoms with Crippen LogP contribution in [0.25, 0.3) is 0 Å². The minimum atomic E-state index is -0.124. The van der Waals surface area contributed by atoms with Crippen LogP contribution >= 0.6 is 0 Å². The summed E-state index contributed by atoms with van der Waals surface area (Å²) in [4.78, 5) is 8.02. The maximum atomic E-state index is 5.67. The monoisotopic (exact) mass is 179 g/mol. The Hall–Kier alpha value is -1.16. The first-order valence-electron chi connectivity index (χ1n) is 4.42. The zero-order valence-electron chi connectivity index (χ0n) is 7.66. The molecular formula is C9H13N3O. The van der Waals surface area contributed by atoms with E-state index < -0.39 is 0 Å². The van der Waals surface area contributed by atoms with Crippen LogP contribution < -0.4 is 10.5 Å². The zero-order valence-corrected chi connectivity index (χ0v) is 7.66. The Kier molecular flexibility index (Phi) is 1.92. The lowest BCUT2D eigenvalue weighted by molar-refractivity contribution is 0.179. The van der Waals surface area contributed by atoms with Crippen LogP contribution in [0.4, 0.5) is 0 Å². The fourth-order valence-electron chi connectivity index (χ4n) is 1.19. The van der Waals surface area contributed by atoms with Crippen molar-refractivity contribution in [3.05, 3.63) is 18.1 Å². The Morgan fingerprint density at radius 2 is 2.31 bits per heavy atom. The molecule has 1 fully saturated rings. The van der Waals surface area contributed by atoms with Crippen molar-refractivity contribution in [3.8, 4) is 5.88 Å². The zero-order chi connectivity index (χ0) is 9.31. The third kappa shape index (κ3) is 1.78. The van der Waals surface area contributed by atoms with Gasteiger partial charge in [0.25, 0.3) is 0 Å². The molecule has 1 heterocycles. The van der Waals surface area contributed by atoms with E-state index in [9.17, 15) is 0 Å². The molecule has 2 N–H and O–H groups in total. The smallest absolute Gasteiger partial charge is 0.217 e. The molecule has 0 bridgehead atoms. The first-order valence-corrected chi connectivity index (χ1v) is 4.42. The lowest BCUT2D eigenvalue weighted by Gasteiger charge is -2.14. The summed E-state index contributed by atoms with van der Waals surface area (Å²) in [5, 5.41) is 0. The maximum absolute atomic E-state index is 5.67. The van der Waals surface area contributed by atoms with Crippen molar-refractivity contribution in [2.45, 2.75) is 25.4 Å². The van der Waals surface area contributed by atoms with Gasteiger partial charge in [-0.05, 0) is 19.8 Å². The van der Waals surface area contributed by atoms with Crippen LogP contribution in [0.15, 0.2) is 12.4 Å². The van der Waals surface area contributed by atoms with Gasteiger partial charge in [0.15, 0.2) is 0 Å². The number of aryl methyl sites for hydroxylation is 1.